The first-order valence-electron chi connectivity index (χ1n) is 8.26. The molecule has 0 unspecified atom stereocenters. The van der Waals surface area contributed by atoms with E-state index in [1.807, 2.05) is 4.90 Å². The van der Waals surface area contributed by atoms with Crippen LogP contribution < -0.4 is 5.32 Å². The molecular weight excluding hydrogens is 294 g/mol. The van der Waals surface area contributed by atoms with Gasteiger partial charge in [0.2, 0.25) is 0 Å². The van der Waals surface area contributed by atoms with Crippen molar-refractivity contribution in [3.8, 4) is 0 Å². The molecule has 1 aromatic heterocycles. The first kappa shape index (κ1) is 15.8. The number of hydrogen-bond donors (Lipinski definition) is 1. The van der Waals surface area contributed by atoms with Crippen molar-refractivity contribution in [2.24, 2.45) is 0 Å². The van der Waals surface area contributed by atoms with E-state index >= 15 is 0 Å². The lowest BCUT2D eigenvalue weighted by atomic mass is 10.0. The number of anilines is 1. The van der Waals surface area contributed by atoms with Crippen molar-refractivity contribution in [1.29, 1.82) is 0 Å². The molecule has 0 radical (unpaired) electrons. The van der Waals surface area contributed by atoms with Crippen LogP contribution in [0.2, 0.25) is 0 Å². The summed E-state index contributed by atoms with van der Waals surface area (Å²) < 4.78 is 0. The fourth-order valence-corrected chi connectivity index (χ4v) is 4.79. The van der Waals surface area contributed by atoms with Crippen molar-refractivity contribution in [1.82, 2.24) is 9.80 Å². The average molecular weight is 321 g/mol. The Balaban J connectivity index is 1.99. The zero-order chi connectivity index (χ0) is 15.9. The highest BCUT2D eigenvalue weighted by Crippen LogP contribution is 2.39. The molecule has 0 aromatic carbocycles. The molecule has 3 rings (SSSR count). The minimum atomic E-state index is -0.0284. The van der Waals surface area contributed by atoms with E-state index in [9.17, 15) is 4.79 Å². The number of thiophene rings is 1. The van der Waals surface area contributed by atoms with E-state index in [1.54, 1.807) is 11.3 Å². The molecule has 22 heavy (non-hydrogen) atoms. The summed E-state index contributed by atoms with van der Waals surface area (Å²) in [7, 11) is 2.15. The lowest BCUT2D eigenvalue weighted by molar-refractivity contribution is 0.0792. The Morgan fingerprint density at radius 2 is 1.86 bits per heavy atom. The van der Waals surface area contributed by atoms with Crippen LogP contribution in [0, 0.1) is 0 Å². The van der Waals surface area contributed by atoms with Crippen molar-refractivity contribution in [3.05, 3.63) is 16.0 Å². The molecule has 0 bridgehead atoms. The maximum absolute atomic E-state index is 13.0. The monoisotopic (exact) mass is 321 g/mol. The number of rotatable bonds is 2. The van der Waals surface area contributed by atoms with Crippen molar-refractivity contribution >= 4 is 22.2 Å². The molecule has 0 aliphatic carbocycles. The van der Waals surface area contributed by atoms with Gasteiger partial charge in [0.05, 0.1) is 5.56 Å². The van der Waals surface area contributed by atoms with Crippen LogP contribution in [-0.4, -0.2) is 47.9 Å². The Kier molecular flexibility index (Phi) is 4.21. The van der Waals surface area contributed by atoms with Crippen molar-refractivity contribution in [2.45, 2.75) is 52.1 Å². The van der Waals surface area contributed by atoms with Crippen molar-refractivity contribution in [2.75, 3.05) is 32.0 Å². The molecule has 1 fully saturated rings. The number of fused-ring (bicyclic) bond motifs is 1. The van der Waals surface area contributed by atoms with Crippen LogP contribution in [0.25, 0.3) is 0 Å². The molecule has 1 aromatic rings. The largest absolute Gasteiger partial charge is 0.372 e. The highest BCUT2D eigenvalue weighted by molar-refractivity contribution is 7.16. The number of carbonyl (C=O) groups excluding carboxylic acids is 1. The minimum Gasteiger partial charge on any atom is -0.372 e. The molecule has 0 atom stereocenters. The highest BCUT2D eigenvalue weighted by Gasteiger charge is 2.31. The van der Waals surface area contributed by atoms with Crippen LogP contribution in [0.1, 0.15) is 54.4 Å². The van der Waals surface area contributed by atoms with E-state index in [1.165, 1.54) is 10.4 Å². The maximum Gasteiger partial charge on any atom is 0.257 e. The summed E-state index contributed by atoms with van der Waals surface area (Å²) in [5, 5.41) is 4.65. The number of hydrogen-bond acceptors (Lipinski definition) is 4. The second-order valence-electron chi connectivity index (χ2n) is 7.57. The lowest BCUT2D eigenvalue weighted by Gasteiger charge is -2.25. The van der Waals surface area contributed by atoms with Gasteiger partial charge in [0.25, 0.3) is 5.91 Å². The minimum absolute atomic E-state index is 0.0284. The molecule has 4 nitrogen and oxygen atoms in total. The summed E-state index contributed by atoms with van der Waals surface area (Å²) >= 11 is 1.78. The summed E-state index contributed by atoms with van der Waals surface area (Å²) in [5.41, 5.74) is 2.23. The third kappa shape index (κ3) is 3.15. The van der Waals surface area contributed by atoms with E-state index in [0.29, 0.717) is 0 Å². The molecule has 5 heteroatoms. The Bertz CT molecular complexity index is 567. The molecule has 1 amide bonds. The van der Waals surface area contributed by atoms with E-state index in [0.717, 1.165) is 56.0 Å². The van der Waals surface area contributed by atoms with Gasteiger partial charge in [-0.25, -0.2) is 0 Å². The zero-order valence-corrected chi connectivity index (χ0v) is 15.0. The fourth-order valence-electron chi connectivity index (χ4n) is 3.26. The SMILES string of the molecule is CN1CCc2c(sc(NC(C)(C)C)c2C(=O)N2CCCC2)C1. The van der Waals surface area contributed by atoms with Crippen LogP contribution in [0.5, 0.6) is 0 Å². The number of nitrogens with one attached hydrogen (secondary N) is 1. The Morgan fingerprint density at radius 3 is 2.50 bits per heavy atom. The smallest absolute Gasteiger partial charge is 0.257 e. The van der Waals surface area contributed by atoms with Gasteiger partial charge in [0.1, 0.15) is 5.00 Å². The Hall–Kier alpha value is -1.07. The van der Waals surface area contributed by atoms with E-state index in [-0.39, 0.29) is 11.4 Å². The van der Waals surface area contributed by atoms with Gasteiger partial charge in [-0.1, -0.05) is 0 Å². The molecular formula is C17H27N3OS. The Morgan fingerprint density at radius 1 is 1.18 bits per heavy atom. The number of amides is 1. The van der Waals surface area contributed by atoms with Gasteiger partial charge in [-0.2, -0.15) is 0 Å². The molecule has 1 saturated heterocycles. The predicted octanol–water partition coefficient (Wildman–Crippen LogP) is 3.18. The van der Waals surface area contributed by atoms with Crippen LogP contribution in [0.3, 0.4) is 0 Å². The summed E-state index contributed by atoms with van der Waals surface area (Å²) in [6.45, 7) is 10.3. The quantitative estimate of drug-likeness (QED) is 0.909. The van der Waals surface area contributed by atoms with Gasteiger partial charge < -0.3 is 15.1 Å². The van der Waals surface area contributed by atoms with E-state index in [4.69, 9.17) is 0 Å². The second kappa shape index (κ2) is 5.85. The van der Waals surface area contributed by atoms with E-state index < -0.39 is 0 Å². The third-order valence-corrected chi connectivity index (χ3v) is 5.48. The maximum atomic E-state index is 13.0. The summed E-state index contributed by atoms with van der Waals surface area (Å²) in [5.74, 6) is 0.242. The molecule has 1 N–H and O–H groups in total. The number of carbonyl (C=O) groups is 1. The zero-order valence-electron chi connectivity index (χ0n) is 14.2. The van der Waals surface area contributed by atoms with Gasteiger partial charge in [-0.3, -0.25) is 4.79 Å². The van der Waals surface area contributed by atoms with Gasteiger partial charge in [0, 0.05) is 36.6 Å². The Labute approximate surface area is 137 Å². The second-order valence-corrected chi connectivity index (χ2v) is 8.68. The topological polar surface area (TPSA) is 35.6 Å². The standard InChI is InChI=1S/C17H27N3OS/c1-17(2,3)18-15-14(16(21)20-8-5-6-9-20)12-7-10-19(4)11-13(12)22-15/h18H,5-11H2,1-4H3. The third-order valence-electron chi connectivity index (χ3n) is 4.34. The number of likely N-dealkylation sites (N-methyl/N-ethyl adjacent to an activating group) is 1. The normalized spacial score (nSPS) is 19.4. The van der Waals surface area contributed by atoms with Gasteiger partial charge in [-0.15, -0.1) is 11.3 Å². The lowest BCUT2D eigenvalue weighted by Crippen LogP contribution is -2.32. The molecule has 3 heterocycles. The van der Waals surface area contributed by atoms with Crippen molar-refractivity contribution < 1.29 is 4.79 Å². The first-order chi connectivity index (χ1) is 10.3. The predicted molar refractivity (Wildman–Crippen MR) is 92.9 cm³/mol. The molecule has 0 spiro atoms. The summed E-state index contributed by atoms with van der Waals surface area (Å²) in [4.78, 5) is 18.8. The van der Waals surface area contributed by atoms with Crippen LogP contribution >= 0.6 is 11.3 Å². The van der Waals surface area contributed by atoms with Gasteiger partial charge in [0.15, 0.2) is 0 Å². The highest BCUT2D eigenvalue weighted by atomic mass is 32.1. The van der Waals surface area contributed by atoms with Crippen LogP contribution in [0.15, 0.2) is 0 Å². The van der Waals surface area contributed by atoms with Crippen LogP contribution in [-0.2, 0) is 13.0 Å². The number of likely N-dealkylation sites (tertiary alicyclic amines) is 1. The molecule has 2 aliphatic rings. The molecule has 0 saturated carbocycles. The molecule has 122 valence electrons. The summed E-state index contributed by atoms with van der Waals surface area (Å²) in [6, 6.07) is 0. The summed E-state index contributed by atoms with van der Waals surface area (Å²) in [6.07, 6.45) is 3.27. The van der Waals surface area contributed by atoms with Gasteiger partial charge in [-0.05, 0) is 52.6 Å². The number of nitrogens with zero attached hydrogens (tertiary/aromatic N) is 2. The van der Waals surface area contributed by atoms with Crippen LogP contribution in [0.4, 0.5) is 5.00 Å². The fraction of sp³-hybridized carbons (Fsp3) is 0.706. The first-order valence-corrected chi connectivity index (χ1v) is 9.07. The average Bonchev–Trinajstić information content (AvgIpc) is 3.02. The molecule has 2 aliphatic heterocycles. The van der Waals surface area contributed by atoms with Gasteiger partial charge >= 0.3 is 0 Å². The van der Waals surface area contributed by atoms with E-state index in [2.05, 4.69) is 38.0 Å². The van der Waals surface area contributed by atoms with Crippen molar-refractivity contribution in [3.63, 3.8) is 0 Å².